The first-order valence-corrected chi connectivity index (χ1v) is 7.22. The van der Waals surface area contributed by atoms with Crippen LogP contribution in [-0.2, 0) is 0 Å². The molecule has 94 valence electrons. The molecule has 0 aromatic heterocycles. The lowest BCUT2D eigenvalue weighted by atomic mass is 9.90. The lowest BCUT2D eigenvalue weighted by Gasteiger charge is -2.34. The van der Waals surface area contributed by atoms with Gasteiger partial charge in [0.15, 0.2) is 0 Å². The van der Waals surface area contributed by atoms with Crippen molar-refractivity contribution in [1.29, 1.82) is 0 Å². The molecule has 2 fully saturated rings. The largest absolute Gasteiger partial charge is 0.316 e. The molecule has 2 aliphatic rings. The molecular weight excluding hydrogens is 196 g/mol. The number of nitrogens with one attached hydrogen (secondary N) is 1. The Balaban J connectivity index is 1.82. The molecule has 2 atom stereocenters. The maximum Gasteiger partial charge on any atom is 0.0136 e. The van der Waals surface area contributed by atoms with Crippen LogP contribution in [0.15, 0.2) is 0 Å². The number of rotatable bonds is 4. The summed E-state index contributed by atoms with van der Waals surface area (Å²) in [6.45, 7) is 9.88. The molecule has 2 heterocycles. The number of hydrogen-bond acceptors (Lipinski definition) is 2. The molecule has 0 aromatic carbocycles. The molecule has 2 saturated heterocycles. The van der Waals surface area contributed by atoms with Crippen LogP contribution >= 0.6 is 0 Å². The fourth-order valence-corrected chi connectivity index (χ4v) is 3.29. The van der Waals surface area contributed by atoms with E-state index in [4.69, 9.17) is 0 Å². The molecule has 1 N–H and O–H groups in total. The summed E-state index contributed by atoms with van der Waals surface area (Å²) in [5.74, 6) is 1.79. The van der Waals surface area contributed by atoms with E-state index in [1.165, 1.54) is 58.3 Å². The number of piperidine rings is 1. The van der Waals surface area contributed by atoms with Crippen LogP contribution in [-0.4, -0.2) is 37.1 Å². The number of hydrogen-bond donors (Lipinski definition) is 1. The lowest BCUT2D eigenvalue weighted by Crippen LogP contribution is -2.43. The van der Waals surface area contributed by atoms with Crippen molar-refractivity contribution >= 4 is 0 Å². The molecule has 2 aliphatic heterocycles. The molecule has 2 rings (SSSR count). The van der Waals surface area contributed by atoms with Crippen molar-refractivity contribution in [2.24, 2.45) is 11.8 Å². The van der Waals surface area contributed by atoms with E-state index in [0.717, 1.165) is 17.9 Å². The van der Waals surface area contributed by atoms with Gasteiger partial charge in [-0.15, -0.1) is 0 Å². The second kappa shape index (κ2) is 6.02. The van der Waals surface area contributed by atoms with Gasteiger partial charge in [-0.05, 0) is 70.1 Å². The van der Waals surface area contributed by atoms with Crippen LogP contribution in [0.5, 0.6) is 0 Å². The molecule has 2 nitrogen and oxygen atoms in total. The van der Waals surface area contributed by atoms with Crippen LogP contribution in [0.4, 0.5) is 0 Å². The predicted molar refractivity (Wildman–Crippen MR) is 69.6 cm³/mol. The third-order valence-electron chi connectivity index (χ3n) is 4.29. The van der Waals surface area contributed by atoms with Crippen LogP contribution in [0.25, 0.3) is 0 Å². The summed E-state index contributed by atoms with van der Waals surface area (Å²) in [6.07, 6.45) is 7.09. The highest BCUT2D eigenvalue weighted by atomic mass is 15.2. The number of likely N-dealkylation sites (tertiary alicyclic amines) is 1. The van der Waals surface area contributed by atoms with Crippen LogP contribution < -0.4 is 5.32 Å². The molecule has 0 aromatic rings. The molecule has 0 spiro atoms. The van der Waals surface area contributed by atoms with Crippen molar-refractivity contribution in [2.45, 2.75) is 52.0 Å². The molecule has 2 unspecified atom stereocenters. The highest BCUT2D eigenvalue weighted by Crippen LogP contribution is 2.28. The van der Waals surface area contributed by atoms with Crippen molar-refractivity contribution in [1.82, 2.24) is 10.2 Å². The first-order chi connectivity index (χ1) is 7.77. The number of nitrogens with zero attached hydrogens (tertiary/aromatic N) is 1. The molecule has 2 heteroatoms. The summed E-state index contributed by atoms with van der Waals surface area (Å²) < 4.78 is 0. The zero-order valence-electron chi connectivity index (χ0n) is 11.0. The highest BCUT2D eigenvalue weighted by Gasteiger charge is 2.31. The minimum Gasteiger partial charge on any atom is -0.316 e. The molecule has 0 amide bonds. The van der Waals surface area contributed by atoms with E-state index >= 15 is 0 Å². The Kier molecular flexibility index (Phi) is 4.66. The van der Waals surface area contributed by atoms with Crippen LogP contribution in [0.1, 0.15) is 46.0 Å². The van der Waals surface area contributed by atoms with E-state index in [-0.39, 0.29) is 0 Å². The summed E-state index contributed by atoms with van der Waals surface area (Å²) in [7, 11) is 0. The van der Waals surface area contributed by atoms with E-state index in [0.29, 0.717) is 0 Å². The zero-order valence-corrected chi connectivity index (χ0v) is 11.0. The van der Waals surface area contributed by atoms with Crippen molar-refractivity contribution in [3.05, 3.63) is 0 Å². The molecule has 0 aliphatic carbocycles. The van der Waals surface area contributed by atoms with Crippen LogP contribution in [0.3, 0.4) is 0 Å². The van der Waals surface area contributed by atoms with Crippen LogP contribution in [0, 0.1) is 11.8 Å². The van der Waals surface area contributed by atoms with Gasteiger partial charge in [-0.1, -0.05) is 13.8 Å². The monoisotopic (exact) mass is 224 g/mol. The summed E-state index contributed by atoms with van der Waals surface area (Å²) >= 11 is 0. The quantitative estimate of drug-likeness (QED) is 0.789. The zero-order chi connectivity index (χ0) is 11.4. The average molecular weight is 224 g/mol. The van der Waals surface area contributed by atoms with E-state index < -0.39 is 0 Å². The Morgan fingerprint density at radius 1 is 1.25 bits per heavy atom. The Bertz CT molecular complexity index is 197. The van der Waals surface area contributed by atoms with Crippen molar-refractivity contribution < 1.29 is 0 Å². The first kappa shape index (κ1) is 12.4. The summed E-state index contributed by atoms with van der Waals surface area (Å²) in [5, 5.41) is 3.57. The smallest absolute Gasteiger partial charge is 0.0136 e. The Morgan fingerprint density at radius 2 is 2.12 bits per heavy atom. The molecule has 0 radical (unpaired) electrons. The summed E-state index contributed by atoms with van der Waals surface area (Å²) in [5.41, 5.74) is 0. The molecule has 0 saturated carbocycles. The van der Waals surface area contributed by atoms with Gasteiger partial charge >= 0.3 is 0 Å². The molecule has 0 bridgehead atoms. The topological polar surface area (TPSA) is 15.3 Å². The second-order valence-corrected chi connectivity index (χ2v) is 6.03. The Labute approximate surface area is 101 Å². The van der Waals surface area contributed by atoms with E-state index in [1.807, 2.05) is 0 Å². The van der Waals surface area contributed by atoms with Gasteiger partial charge in [-0.25, -0.2) is 0 Å². The van der Waals surface area contributed by atoms with Gasteiger partial charge in [-0.2, -0.15) is 0 Å². The van der Waals surface area contributed by atoms with E-state index in [9.17, 15) is 0 Å². The first-order valence-electron chi connectivity index (χ1n) is 7.22. The molecule has 16 heavy (non-hydrogen) atoms. The summed E-state index contributed by atoms with van der Waals surface area (Å²) in [4.78, 5) is 2.78. The minimum absolute atomic E-state index is 0.853. The fourth-order valence-electron chi connectivity index (χ4n) is 3.29. The van der Waals surface area contributed by atoms with E-state index in [2.05, 4.69) is 24.1 Å². The highest BCUT2D eigenvalue weighted by molar-refractivity contribution is 4.87. The molecular formula is C14H28N2. The van der Waals surface area contributed by atoms with Gasteiger partial charge in [0, 0.05) is 6.04 Å². The summed E-state index contributed by atoms with van der Waals surface area (Å²) in [6, 6.07) is 0.895. The fraction of sp³-hybridized carbons (Fsp3) is 1.00. The van der Waals surface area contributed by atoms with Gasteiger partial charge in [0.1, 0.15) is 0 Å². The van der Waals surface area contributed by atoms with Gasteiger partial charge < -0.3 is 10.2 Å². The van der Waals surface area contributed by atoms with E-state index in [1.54, 1.807) is 0 Å². The van der Waals surface area contributed by atoms with Crippen LogP contribution in [0.2, 0.25) is 0 Å². The standard InChI is InChI=1S/C14H28N2/c1-12(2)7-10-16-9-4-6-14(16)13-5-3-8-15-11-13/h12-15H,3-11H2,1-2H3. The normalized spacial score (nSPS) is 32.4. The Morgan fingerprint density at radius 3 is 2.81 bits per heavy atom. The third-order valence-corrected chi connectivity index (χ3v) is 4.29. The van der Waals surface area contributed by atoms with Crippen molar-refractivity contribution in [3.8, 4) is 0 Å². The maximum atomic E-state index is 3.57. The lowest BCUT2D eigenvalue weighted by molar-refractivity contribution is 0.159. The SMILES string of the molecule is CC(C)CCN1CCCC1C1CCCNC1. The van der Waals surface area contributed by atoms with Crippen molar-refractivity contribution in [2.75, 3.05) is 26.2 Å². The van der Waals surface area contributed by atoms with Gasteiger partial charge in [0.2, 0.25) is 0 Å². The van der Waals surface area contributed by atoms with Crippen molar-refractivity contribution in [3.63, 3.8) is 0 Å². The Hall–Kier alpha value is -0.0800. The second-order valence-electron chi connectivity index (χ2n) is 6.03. The third kappa shape index (κ3) is 3.21. The minimum atomic E-state index is 0.853. The van der Waals surface area contributed by atoms with Gasteiger partial charge in [-0.3, -0.25) is 0 Å². The maximum absolute atomic E-state index is 3.57. The predicted octanol–water partition coefficient (Wildman–Crippen LogP) is 2.50. The average Bonchev–Trinajstić information content (AvgIpc) is 2.75. The van der Waals surface area contributed by atoms with Gasteiger partial charge in [0.05, 0.1) is 0 Å². The van der Waals surface area contributed by atoms with Gasteiger partial charge in [0.25, 0.3) is 0 Å².